The van der Waals surface area contributed by atoms with Crippen molar-refractivity contribution in [2.45, 2.75) is 6.92 Å². The van der Waals surface area contributed by atoms with Gasteiger partial charge in [0.2, 0.25) is 0 Å². The zero-order valence-corrected chi connectivity index (χ0v) is 11.0. The third kappa shape index (κ3) is 3.56. The Bertz CT molecular complexity index is 628. The average molecular weight is 267 g/mol. The topological polar surface area (TPSA) is 75.0 Å². The quantitative estimate of drug-likeness (QED) is 0.923. The third-order valence-electron chi connectivity index (χ3n) is 2.59. The molecule has 0 unspecified atom stereocenters. The second-order valence-electron chi connectivity index (χ2n) is 4.11. The number of pyridine rings is 1. The standard InChI is InChI=1S/C15H13N3O2/c1-11-2-3-12(10-17-11)15(19)18-13-4-6-14(7-5-13)20-9-8-16/h2-7,10H,9H2,1H3,(H,18,19). The summed E-state index contributed by atoms with van der Waals surface area (Å²) in [7, 11) is 0. The molecular weight excluding hydrogens is 254 g/mol. The maximum absolute atomic E-state index is 12.0. The van der Waals surface area contributed by atoms with Crippen LogP contribution in [0.25, 0.3) is 0 Å². The number of benzene rings is 1. The maximum Gasteiger partial charge on any atom is 0.257 e. The van der Waals surface area contributed by atoms with E-state index < -0.39 is 0 Å². The van der Waals surface area contributed by atoms with Crippen molar-refractivity contribution >= 4 is 11.6 Å². The van der Waals surface area contributed by atoms with Gasteiger partial charge < -0.3 is 10.1 Å². The molecule has 1 heterocycles. The first-order valence-electron chi connectivity index (χ1n) is 6.03. The molecule has 2 rings (SSSR count). The number of aryl methyl sites for hydroxylation is 1. The Morgan fingerprint density at radius 2 is 2.05 bits per heavy atom. The summed E-state index contributed by atoms with van der Waals surface area (Å²) in [6.07, 6.45) is 1.54. The van der Waals surface area contributed by atoms with Crippen molar-refractivity contribution in [2.24, 2.45) is 0 Å². The van der Waals surface area contributed by atoms with Gasteiger partial charge >= 0.3 is 0 Å². The van der Waals surface area contributed by atoms with Crippen molar-refractivity contribution in [2.75, 3.05) is 11.9 Å². The van der Waals surface area contributed by atoms with E-state index in [9.17, 15) is 4.79 Å². The van der Waals surface area contributed by atoms with E-state index in [1.807, 2.05) is 13.0 Å². The van der Waals surface area contributed by atoms with Crippen LogP contribution in [0.1, 0.15) is 16.1 Å². The van der Waals surface area contributed by atoms with Crippen molar-refractivity contribution in [3.05, 3.63) is 53.9 Å². The summed E-state index contributed by atoms with van der Waals surface area (Å²) in [4.78, 5) is 16.0. The van der Waals surface area contributed by atoms with Gasteiger partial charge in [-0.25, -0.2) is 0 Å². The minimum atomic E-state index is -0.219. The second-order valence-corrected chi connectivity index (χ2v) is 4.11. The Hall–Kier alpha value is -2.87. The zero-order chi connectivity index (χ0) is 14.4. The van der Waals surface area contributed by atoms with Crippen LogP contribution in [0, 0.1) is 18.3 Å². The van der Waals surface area contributed by atoms with Crippen molar-refractivity contribution in [3.8, 4) is 11.8 Å². The molecule has 5 heteroatoms. The highest BCUT2D eigenvalue weighted by atomic mass is 16.5. The fourth-order valence-electron chi connectivity index (χ4n) is 1.56. The highest BCUT2D eigenvalue weighted by Crippen LogP contribution is 2.16. The van der Waals surface area contributed by atoms with Gasteiger partial charge in [0, 0.05) is 17.6 Å². The predicted molar refractivity (Wildman–Crippen MR) is 74.5 cm³/mol. The minimum absolute atomic E-state index is 0.000736. The number of nitriles is 1. The van der Waals surface area contributed by atoms with Crippen LogP contribution in [0.2, 0.25) is 0 Å². The maximum atomic E-state index is 12.0. The van der Waals surface area contributed by atoms with E-state index in [2.05, 4.69) is 10.3 Å². The molecule has 1 aromatic carbocycles. The van der Waals surface area contributed by atoms with Gasteiger partial charge in [-0.2, -0.15) is 5.26 Å². The number of ether oxygens (including phenoxy) is 1. The molecule has 0 radical (unpaired) electrons. The Kier molecular flexibility index (Phi) is 4.30. The number of anilines is 1. The number of carbonyl (C=O) groups excluding carboxylic acids is 1. The highest BCUT2D eigenvalue weighted by Gasteiger charge is 2.06. The van der Waals surface area contributed by atoms with E-state index in [1.165, 1.54) is 6.20 Å². The fraction of sp³-hybridized carbons (Fsp3) is 0.133. The zero-order valence-electron chi connectivity index (χ0n) is 11.0. The molecule has 0 atom stereocenters. The van der Waals surface area contributed by atoms with E-state index >= 15 is 0 Å². The summed E-state index contributed by atoms with van der Waals surface area (Å²) in [5.74, 6) is 0.366. The lowest BCUT2D eigenvalue weighted by Gasteiger charge is -2.06. The van der Waals surface area contributed by atoms with Crippen molar-refractivity contribution in [1.29, 1.82) is 5.26 Å². The van der Waals surface area contributed by atoms with Gasteiger partial charge in [0.1, 0.15) is 11.8 Å². The Morgan fingerprint density at radius 1 is 1.30 bits per heavy atom. The number of rotatable bonds is 4. The molecule has 5 nitrogen and oxygen atoms in total. The molecule has 0 fully saturated rings. The van der Waals surface area contributed by atoms with Gasteiger partial charge in [-0.05, 0) is 43.3 Å². The van der Waals surface area contributed by atoms with Gasteiger partial charge in [0.05, 0.1) is 5.56 Å². The summed E-state index contributed by atoms with van der Waals surface area (Å²) in [5.41, 5.74) is 2.01. The second kappa shape index (κ2) is 6.34. The monoisotopic (exact) mass is 267 g/mol. The number of hydrogen-bond acceptors (Lipinski definition) is 4. The molecule has 20 heavy (non-hydrogen) atoms. The van der Waals surface area contributed by atoms with Crippen LogP contribution in [0.15, 0.2) is 42.6 Å². The van der Waals surface area contributed by atoms with Crippen molar-refractivity contribution < 1.29 is 9.53 Å². The molecule has 0 bridgehead atoms. The Balaban J connectivity index is 2.01. The number of nitrogens with zero attached hydrogens (tertiary/aromatic N) is 2. The van der Waals surface area contributed by atoms with E-state index in [0.717, 1.165) is 5.69 Å². The molecular formula is C15H13N3O2. The molecule has 0 spiro atoms. The van der Waals surface area contributed by atoms with Crippen molar-refractivity contribution in [3.63, 3.8) is 0 Å². The molecule has 1 N–H and O–H groups in total. The summed E-state index contributed by atoms with van der Waals surface area (Å²) in [6, 6.07) is 12.2. The first kappa shape index (κ1) is 13.6. The summed E-state index contributed by atoms with van der Waals surface area (Å²) in [6.45, 7) is 1.86. The molecule has 0 aliphatic rings. The summed E-state index contributed by atoms with van der Waals surface area (Å²) >= 11 is 0. The number of carbonyl (C=O) groups is 1. The molecule has 0 aliphatic carbocycles. The third-order valence-corrected chi connectivity index (χ3v) is 2.59. The van der Waals surface area contributed by atoms with Crippen LogP contribution < -0.4 is 10.1 Å². The minimum Gasteiger partial charge on any atom is -0.479 e. The first-order chi connectivity index (χ1) is 9.69. The van der Waals surface area contributed by atoms with Crippen LogP contribution in [0.3, 0.4) is 0 Å². The molecule has 0 saturated heterocycles. The van der Waals surface area contributed by atoms with Crippen LogP contribution in [0.4, 0.5) is 5.69 Å². The lowest BCUT2D eigenvalue weighted by Crippen LogP contribution is -2.12. The number of hydrogen-bond donors (Lipinski definition) is 1. The van der Waals surface area contributed by atoms with E-state index in [1.54, 1.807) is 36.4 Å². The van der Waals surface area contributed by atoms with Crippen LogP contribution in [-0.2, 0) is 0 Å². The SMILES string of the molecule is Cc1ccc(C(=O)Nc2ccc(OCC#N)cc2)cn1. The van der Waals surface area contributed by atoms with E-state index in [-0.39, 0.29) is 12.5 Å². The predicted octanol–water partition coefficient (Wildman–Crippen LogP) is 2.54. The molecule has 1 aromatic heterocycles. The number of amides is 1. The smallest absolute Gasteiger partial charge is 0.257 e. The Labute approximate surface area is 116 Å². The van der Waals surface area contributed by atoms with Gasteiger partial charge in [0.15, 0.2) is 6.61 Å². The molecule has 1 amide bonds. The van der Waals surface area contributed by atoms with Gasteiger partial charge in [0.25, 0.3) is 5.91 Å². The van der Waals surface area contributed by atoms with E-state index in [4.69, 9.17) is 10.00 Å². The number of nitrogens with one attached hydrogen (secondary N) is 1. The van der Waals surface area contributed by atoms with Crippen LogP contribution in [0.5, 0.6) is 5.75 Å². The fourth-order valence-corrected chi connectivity index (χ4v) is 1.56. The molecule has 0 saturated carbocycles. The van der Waals surface area contributed by atoms with Gasteiger partial charge in [-0.1, -0.05) is 0 Å². The van der Waals surface area contributed by atoms with Crippen molar-refractivity contribution in [1.82, 2.24) is 4.98 Å². The van der Waals surface area contributed by atoms with Crippen LogP contribution >= 0.6 is 0 Å². The van der Waals surface area contributed by atoms with Gasteiger partial charge in [-0.3, -0.25) is 9.78 Å². The van der Waals surface area contributed by atoms with Gasteiger partial charge in [-0.15, -0.1) is 0 Å². The number of aromatic nitrogens is 1. The Morgan fingerprint density at radius 3 is 2.65 bits per heavy atom. The van der Waals surface area contributed by atoms with E-state index in [0.29, 0.717) is 17.0 Å². The lowest BCUT2D eigenvalue weighted by atomic mass is 10.2. The summed E-state index contributed by atoms with van der Waals surface area (Å²) < 4.78 is 5.13. The molecule has 2 aromatic rings. The first-order valence-corrected chi connectivity index (χ1v) is 6.03. The largest absolute Gasteiger partial charge is 0.479 e. The lowest BCUT2D eigenvalue weighted by molar-refractivity contribution is 0.102. The normalized spacial score (nSPS) is 9.60. The summed E-state index contributed by atoms with van der Waals surface area (Å²) in [5, 5.41) is 11.2. The molecule has 100 valence electrons. The molecule has 0 aliphatic heterocycles. The van der Waals surface area contributed by atoms with Crippen LogP contribution in [-0.4, -0.2) is 17.5 Å². The average Bonchev–Trinajstić information content (AvgIpc) is 2.47. The highest BCUT2D eigenvalue weighted by molar-refractivity contribution is 6.04.